The van der Waals surface area contributed by atoms with E-state index in [9.17, 15) is 4.79 Å². The third-order valence-electron chi connectivity index (χ3n) is 2.88. The van der Waals surface area contributed by atoms with Gasteiger partial charge in [-0.15, -0.1) is 0 Å². The van der Waals surface area contributed by atoms with Crippen LogP contribution in [0.25, 0.3) is 0 Å². The Balaban J connectivity index is 2.26. The fraction of sp³-hybridized carbons (Fsp3) is 0.188. The van der Waals surface area contributed by atoms with Crippen molar-refractivity contribution in [3.05, 3.63) is 50.0 Å². The Morgan fingerprint density at radius 3 is 2.55 bits per heavy atom. The van der Waals surface area contributed by atoms with Gasteiger partial charge in [-0.2, -0.15) is 0 Å². The second kappa shape index (κ2) is 7.82. The lowest BCUT2D eigenvalue weighted by Crippen LogP contribution is -2.12. The van der Waals surface area contributed by atoms with E-state index in [1.54, 1.807) is 19.2 Å². The first-order chi connectivity index (χ1) is 10.5. The molecule has 0 bridgehead atoms. The third kappa shape index (κ3) is 4.13. The SMILES string of the molecule is CCOc1c(Br)cc(C(=O)Nc2ccc(I)cc2)cc1OC. The smallest absolute Gasteiger partial charge is 0.255 e. The molecule has 0 saturated carbocycles. The molecule has 0 aliphatic heterocycles. The van der Waals surface area contributed by atoms with Crippen molar-refractivity contribution >= 4 is 50.1 Å². The van der Waals surface area contributed by atoms with Crippen LogP contribution in [0, 0.1) is 3.57 Å². The molecule has 2 aromatic rings. The van der Waals surface area contributed by atoms with E-state index in [1.165, 1.54) is 0 Å². The molecule has 6 heteroatoms. The Hall–Kier alpha value is -1.28. The lowest BCUT2D eigenvalue weighted by molar-refractivity contribution is 0.102. The summed E-state index contributed by atoms with van der Waals surface area (Å²) < 4.78 is 12.6. The number of halogens is 2. The van der Waals surface area contributed by atoms with E-state index < -0.39 is 0 Å². The van der Waals surface area contributed by atoms with Gasteiger partial charge in [0.2, 0.25) is 0 Å². The summed E-state index contributed by atoms with van der Waals surface area (Å²) in [6.07, 6.45) is 0. The minimum atomic E-state index is -0.205. The fourth-order valence-corrected chi connectivity index (χ4v) is 2.79. The lowest BCUT2D eigenvalue weighted by Gasteiger charge is -2.13. The number of methoxy groups -OCH3 is 1. The molecule has 0 spiro atoms. The normalized spacial score (nSPS) is 10.2. The monoisotopic (exact) mass is 475 g/mol. The van der Waals surface area contributed by atoms with Crippen LogP contribution in [0.2, 0.25) is 0 Å². The molecular formula is C16H15BrINO3. The molecule has 0 aliphatic rings. The number of hydrogen-bond donors (Lipinski definition) is 1. The summed E-state index contributed by atoms with van der Waals surface area (Å²) in [4.78, 5) is 12.4. The number of hydrogen-bond acceptors (Lipinski definition) is 3. The molecule has 22 heavy (non-hydrogen) atoms. The van der Waals surface area contributed by atoms with Crippen LogP contribution in [0.1, 0.15) is 17.3 Å². The maximum Gasteiger partial charge on any atom is 0.255 e. The van der Waals surface area contributed by atoms with Crippen molar-refractivity contribution in [2.24, 2.45) is 0 Å². The zero-order valence-corrected chi connectivity index (χ0v) is 15.9. The number of carbonyl (C=O) groups excluding carboxylic acids is 1. The second-order valence-electron chi connectivity index (χ2n) is 4.38. The summed E-state index contributed by atoms with van der Waals surface area (Å²) in [5, 5.41) is 2.86. The van der Waals surface area contributed by atoms with Gasteiger partial charge in [-0.25, -0.2) is 0 Å². The first-order valence-corrected chi connectivity index (χ1v) is 8.49. The second-order valence-corrected chi connectivity index (χ2v) is 6.48. The van der Waals surface area contributed by atoms with Crippen molar-refractivity contribution in [2.75, 3.05) is 19.0 Å². The number of nitrogens with one attached hydrogen (secondary N) is 1. The van der Waals surface area contributed by atoms with Crippen LogP contribution in [0.3, 0.4) is 0 Å². The van der Waals surface area contributed by atoms with Crippen molar-refractivity contribution in [3.8, 4) is 11.5 Å². The quantitative estimate of drug-likeness (QED) is 0.637. The summed E-state index contributed by atoms with van der Waals surface area (Å²) in [7, 11) is 1.55. The maximum atomic E-state index is 12.4. The highest BCUT2D eigenvalue weighted by Gasteiger charge is 2.15. The van der Waals surface area contributed by atoms with Crippen molar-refractivity contribution in [1.29, 1.82) is 0 Å². The van der Waals surface area contributed by atoms with Crippen molar-refractivity contribution in [1.82, 2.24) is 0 Å². The molecule has 0 heterocycles. The summed E-state index contributed by atoms with van der Waals surface area (Å²) in [5.41, 5.74) is 1.24. The lowest BCUT2D eigenvalue weighted by atomic mass is 10.2. The summed E-state index contributed by atoms with van der Waals surface area (Å²) in [6, 6.07) is 11.0. The zero-order valence-electron chi connectivity index (χ0n) is 12.2. The van der Waals surface area contributed by atoms with Crippen LogP contribution >= 0.6 is 38.5 Å². The van der Waals surface area contributed by atoms with E-state index >= 15 is 0 Å². The molecule has 0 saturated heterocycles. The Bertz CT molecular complexity index is 674. The minimum Gasteiger partial charge on any atom is -0.493 e. The van der Waals surface area contributed by atoms with E-state index in [2.05, 4.69) is 43.8 Å². The van der Waals surface area contributed by atoms with Gasteiger partial charge in [0.05, 0.1) is 18.2 Å². The molecule has 0 atom stereocenters. The number of benzene rings is 2. The molecule has 116 valence electrons. The van der Waals surface area contributed by atoms with Gasteiger partial charge in [0, 0.05) is 14.8 Å². The Morgan fingerprint density at radius 1 is 1.27 bits per heavy atom. The topological polar surface area (TPSA) is 47.6 Å². The van der Waals surface area contributed by atoms with Crippen LogP contribution in [-0.2, 0) is 0 Å². The minimum absolute atomic E-state index is 0.205. The van der Waals surface area contributed by atoms with Gasteiger partial charge >= 0.3 is 0 Å². The van der Waals surface area contributed by atoms with Gasteiger partial charge in [-0.3, -0.25) is 4.79 Å². The van der Waals surface area contributed by atoms with Crippen LogP contribution in [0.15, 0.2) is 40.9 Å². The third-order valence-corrected chi connectivity index (χ3v) is 4.19. The molecule has 4 nitrogen and oxygen atoms in total. The van der Waals surface area contributed by atoms with Gasteiger partial charge in [-0.05, 0) is 81.8 Å². The van der Waals surface area contributed by atoms with E-state index in [4.69, 9.17) is 9.47 Å². The van der Waals surface area contributed by atoms with Gasteiger partial charge in [0.25, 0.3) is 5.91 Å². The number of amides is 1. The molecule has 0 aliphatic carbocycles. The number of ether oxygens (including phenoxy) is 2. The standard InChI is InChI=1S/C16H15BrINO3/c1-3-22-15-13(17)8-10(9-14(15)21-2)16(20)19-12-6-4-11(18)5-7-12/h4-9H,3H2,1-2H3,(H,19,20). The maximum absolute atomic E-state index is 12.4. The van der Waals surface area contributed by atoms with Crippen molar-refractivity contribution < 1.29 is 14.3 Å². The first-order valence-electron chi connectivity index (χ1n) is 6.62. The average Bonchev–Trinajstić information content (AvgIpc) is 2.51. The average molecular weight is 476 g/mol. The molecular weight excluding hydrogens is 461 g/mol. The summed E-state index contributed by atoms with van der Waals surface area (Å²) >= 11 is 5.63. The Kier molecular flexibility index (Phi) is 6.07. The molecule has 0 fully saturated rings. The van der Waals surface area contributed by atoms with E-state index in [1.807, 2.05) is 31.2 Å². The first kappa shape index (κ1) is 17.1. The zero-order chi connectivity index (χ0) is 16.1. The van der Waals surface area contributed by atoms with Crippen LogP contribution in [-0.4, -0.2) is 19.6 Å². The largest absolute Gasteiger partial charge is 0.493 e. The number of anilines is 1. The number of rotatable bonds is 5. The summed E-state index contributed by atoms with van der Waals surface area (Å²) in [5.74, 6) is 0.906. The van der Waals surface area contributed by atoms with Crippen LogP contribution in [0.4, 0.5) is 5.69 Å². The highest BCUT2D eigenvalue weighted by atomic mass is 127. The molecule has 0 unspecified atom stereocenters. The Labute approximate surface area is 151 Å². The molecule has 1 amide bonds. The van der Waals surface area contributed by atoms with Crippen LogP contribution < -0.4 is 14.8 Å². The number of carbonyl (C=O) groups is 1. The fourth-order valence-electron chi connectivity index (χ4n) is 1.87. The van der Waals surface area contributed by atoms with E-state index in [0.717, 1.165) is 9.26 Å². The highest BCUT2D eigenvalue weighted by Crippen LogP contribution is 2.36. The molecule has 1 N–H and O–H groups in total. The summed E-state index contributed by atoms with van der Waals surface area (Å²) in [6.45, 7) is 2.41. The predicted octanol–water partition coefficient (Wildman–Crippen LogP) is 4.71. The molecule has 2 rings (SSSR count). The van der Waals surface area contributed by atoms with Gasteiger partial charge in [0.1, 0.15) is 0 Å². The predicted molar refractivity (Wildman–Crippen MR) is 99.0 cm³/mol. The van der Waals surface area contributed by atoms with Gasteiger partial charge < -0.3 is 14.8 Å². The van der Waals surface area contributed by atoms with Gasteiger partial charge in [0.15, 0.2) is 11.5 Å². The highest BCUT2D eigenvalue weighted by molar-refractivity contribution is 14.1. The molecule has 0 radical (unpaired) electrons. The van der Waals surface area contributed by atoms with Crippen molar-refractivity contribution in [3.63, 3.8) is 0 Å². The van der Waals surface area contributed by atoms with E-state index in [0.29, 0.717) is 28.1 Å². The Morgan fingerprint density at radius 2 is 1.95 bits per heavy atom. The van der Waals surface area contributed by atoms with Gasteiger partial charge in [-0.1, -0.05) is 0 Å². The van der Waals surface area contributed by atoms with Crippen LogP contribution in [0.5, 0.6) is 11.5 Å². The van der Waals surface area contributed by atoms with Crippen molar-refractivity contribution in [2.45, 2.75) is 6.92 Å². The molecule has 2 aromatic carbocycles. The van der Waals surface area contributed by atoms with E-state index in [-0.39, 0.29) is 5.91 Å². The molecule has 0 aromatic heterocycles.